The van der Waals surface area contributed by atoms with Crippen molar-refractivity contribution in [3.63, 3.8) is 0 Å². The molecule has 106 valence electrons. The van der Waals surface area contributed by atoms with Crippen LogP contribution in [0.25, 0.3) is 0 Å². The first kappa shape index (κ1) is 14.5. The number of nitrogens with one attached hydrogen (secondary N) is 1. The summed E-state index contributed by atoms with van der Waals surface area (Å²) in [6, 6.07) is 10.8. The minimum absolute atomic E-state index is 0.0941. The van der Waals surface area contributed by atoms with Crippen molar-refractivity contribution in [2.75, 3.05) is 5.73 Å². The van der Waals surface area contributed by atoms with Crippen LogP contribution in [0.15, 0.2) is 47.4 Å². The Bertz CT molecular complexity index is 712. The molecule has 2 aromatic rings. The summed E-state index contributed by atoms with van der Waals surface area (Å²) in [6.07, 6.45) is 0. The van der Waals surface area contributed by atoms with E-state index in [0.29, 0.717) is 0 Å². The minimum atomic E-state index is -3.93. The van der Waals surface area contributed by atoms with Crippen LogP contribution in [0, 0.1) is 12.7 Å². The lowest BCUT2D eigenvalue weighted by atomic mass is 10.2. The molecule has 0 spiro atoms. The van der Waals surface area contributed by atoms with Crippen LogP contribution >= 0.6 is 0 Å². The highest BCUT2D eigenvalue weighted by molar-refractivity contribution is 7.89. The van der Waals surface area contributed by atoms with E-state index in [4.69, 9.17) is 5.73 Å². The van der Waals surface area contributed by atoms with Crippen LogP contribution in [0.5, 0.6) is 0 Å². The van der Waals surface area contributed by atoms with E-state index in [0.717, 1.165) is 23.3 Å². The van der Waals surface area contributed by atoms with Crippen LogP contribution in [0.2, 0.25) is 0 Å². The number of nitrogen functional groups attached to an aromatic ring is 1. The van der Waals surface area contributed by atoms with Crippen molar-refractivity contribution < 1.29 is 12.8 Å². The molecule has 0 aliphatic heterocycles. The van der Waals surface area contributed by atoms with Crippen molar-refractivity contribution in [3.8, 4) is 0 Å². The summed E-state index contributed by atoms with van der Waals surface area (Å²) >= 11 is 0. The summed E-state index contributed by atoms with van der Waals surface area (Å²) in [4.78, 5) is -0.440. The molecule has 4 nitrogen and oxygen atoms in total. The van der Waals surface area contributed by atoms with Gasteiger partial charge < -0.3 is 5.73 Å². The van der Waals surface area contributed by atoms with Gasteiger partial charge >= 0.3 is 0 Å². The van der Waals surface area contributed by atoms with Crippen LogP contribution in [-0.4, -0.2) is 8.42 Å². The first-order chi connectivity index (χ1) is 9.38. The zero-order chi connectivity index (χ0) is 14.8. The molecule has 6 heteroatoms. The maximum Gasteiger partial charge on any atom is 0.243 e. The summed E-state index contributed by atoms with van der Waals surface area (Å²) in [5.74, 6) is -0.824. The zero-order valence-electron chi connectivity index (χ0n) is 10.9. The third-order valence-corrected chi connectivity index (χ3v) is 4.25. The van der Waals surface area contributed by atoms with Crippen molar-refractivity contribution in [2.45, 2.75) is 18.4 Å². The molecule has 0 unspecified atom stereocenters. The first-order valence-electron chi connectivity index (χ1n) is 5.99. The van der Waals surface area contributed by atoms with Crippen LogP contribution in [-0.2, 0) is 16.6 Å². The average molecular weight is 294 g/mol. The number of rotatable bonds is 4. The van der Waals surface area contributed by atoms with Crippen LogP contribution < -0.4 is 10.5 Å². The molecule has 0 saturated carbocycles. The largest absolute Gasteiger partial charge is 0.399 e. The normalized spacial score (nSPS) is 11.5. The van der Waals surface area contributed by atoms with E-state index in [-0.39, 0.29) is 12.2 Å². The van der Waals surface area contributed by atoms with Gasteiger partial charge in [-0.25, -0.2) is 17.5 Å². The van der Waals surface area contributed by atoms with E-state index in [9.17, 15) is 12.8 Å². The number of anilines is 1. The number of hydrogen-bond donors (Lipinski definition) is 2. The molecule has 0 bridgehead atoms. The van der Waals surface area contributed by atoms with Gasteiger partial charge in [0, 0.05) is 12.2 Å². The van der Waals surface area contributed by atoms with Gasteiger partial charge in [0.15, 0.2) is 0 Å². The Hall–Kier alpha value is -1.92. The molecular weight excluding hydrogens is 279 g/mol. The monoisotopic (exact) mass is 294 g/mol. The molecule has 0 aliphatic rings. The first-order valence-corrected chi connectivity index (χ1v) is 7.47. The summed E-state index contributed by atoms with van der Waals surface area (Å²) in [5, 5.41) is 0. The number of benzene rings is 2. The van der Waals surface area contributed by atoms with Crippen LogP contribution in [0.3, 0.4) is 0 Å². The third kappa shape index (κ3) is 3.34. The van der Waals surface area contributed by atoms with Gasteiger partial charge in [-0.1, -0.05) is 29.8 Å². The van der Waals surface area contributed by atoms with Gasteiger partial charge in [0.25, 0.3) is 0 Å². The Morgan fingerprint density at radius 1 is 1.15 bits per heavy atom. The lowest BCUT2D eigenvalue weighted by Crippen LogP contribution is -2.24. The lowest BCUT2D eigenvalue weighted by Gasteiger charge is -2.08. The zero-order valence-corrected chi connectivity index (χ0v) is 11.7. The van der Waals surface area contributed by atoms with Gasteiger partial charge in [0.2, 0.25) is 10.0 Å². The van der Waals surface area contributed by atoms with Crippen molar-refractivity contribution >= 4 is 15.7 Å². The molecule has 0 aliphatic carbocycles. The Morgan fingerprint density at radius 2 is 1.80 bits per heavy atom. The predicted molar refractivity (Wildman–Crippen MR) is 76.0 cm³/mol. The number of aryl methyl sites for hydroxylation is 1. The highest BCUT2D eigenvalue weighted by Crippen LogP contribution is 2.17. The second-order valence-corrected chi connectivity index (χ2v) is 6.24. The SMILES string of the molecule is Cc1ccc(CNS(=O)(=O)c2cc(N)ccc2F)cc1. The Balaban J connectivity index is 2.19. The second kappa shape index (κ2) is 5.60. The molecule has 3 N–H and O–H groups in total. The van der Waals surface area contributed by atoms with Crippen LogP contribution in [0.4, 0.5) is 10.1 Å². The van der Waals surface area contributed by atoms with E-state index < -0.39 is 20.7 Å². The molecule has 2 aromatic carbocycles. The van der Waals surface area contributed by atoms with Crippen molar-refractivity contribution in [1.82, 2.24) is 4.72 Å². The molecule has 2 rings (SSSR count). The lowest BCUT2D eigenvalue weighted by molar-refractivity contribution is 0.557. The Labute approximate surface area is 117 Å². The molecule has 20 heavy (non-hydrogen) atoms. The average Bonchev–Trinajstić information content (AvgIpc) is 2.41. The van der Waals surface area contributed by atoms with E-state index in [1.165, 1.54) is 6.07 Å². The summed E-state index contributed by atoms with van der Waals surface area (Å²) < 4.78 is 40.0. The molecule has 0 fully saturated rings. The van der Waals surface area contributed by atoms with Gasteiger partial charge in [0.05, 0.1) is 0 Å². The summed E-state index contributed by atoms with van der Waals surface area (Å²) in [7, 11) is -3.93. The van der Waals surface area contributed by atoms with Gasteiger partial charge in [-0.15, -0.1) is 0 Å². The van der Waals surface area contributed by atoms with Gasteiger partial charge in [-0.2, -0.15) is 0 Å². The van der Waals surface area contributed by atoms with Gasteiger partial charge in [-0.3, -0.25) is 0 Å². The van der Waals surface area contributed by atoms with Crippen molar-refractivity contribution in [3.05, 3.63) is 59.4 Å². The Kier molecular flexibility index (Phi) is 4.06. The third-order valence-electron chi connectivity index (χ3n) is 2.83. The number of sulfonamides is 1. The fraction of sp³-hybridized carbons (Fsp3) is 0.143. The highest BCUT2D eigenvalue weighted by atomic mass is 32.2. The van der Waals surface area contributed by atoms with Crippen molar-refractivity contribution in [1.29, 1.82) is 0 Å². The van der Waals surface area contributed by atoms with Gasteiger partial charge in [0.1, 0.15) is 10.7 Å². The number of nitrogens with two attached hydrogens (primary N) is 1. The molecule has 0 atom stereocenters. The summed E-state index contributed by atoms with van der Waals surface area (Å²) in [6.45, 7) is 2.03. The molecule has 0 heterocycles. The topological polar surface area (TPSA) is 72.2 Å². The quantitative estimate of drug-likeness (QED) is 0.849. The fourth-order valence-electron chi connectivity index (χ4n) is 1.69. The summed E-state index contributed by atoms with van der Waals surface area (Å²) in [5.41, 5.74) is 7.56. The molecule has 0 aromatic heterocycles. The molecule has 0 saturated heterocycles. The molecular formula is C14H15FN2O2S. The van der Waals surface area contributed by atoms with E-state index >= 15 is 0 Å². The van der Waals surface area contributed by atoms with Crippen molar-refractivity contribution in [2.24, 2.45) is 0 Å². The highest BCUT2D eigenvalue weighted by Gasteiger charge is 2.18. The number of halogens is 1. The molecule has 0 amide bonds. The number of hydrogen-bond acceptors (Lipinski definition) is 3. The fourth-order valence-corrected chi connectivity index (χ4v) is 2.82. The maximum absolute atomic E-state index is 13.6. The second-order valence-electron chi connectivity index (χ2n) is 4.50. The van der Waals surface area contributed by atoms with E-state index in [2.05, 4.69) is 4.72 Å². The van der Waals surface area contributed by atoms with E-state index in [1.54, 1.807) is 0 Å². The van der Waals surface area contributed by atoms with E-state index in [1.807, 2.05) is 31.2 Å². The Morgan fingerprint density at radius 3 is 2.45 bits per heavy atom. The standard InChI is InChI=1S/C14H15FN2O2S/c1-10-2-4-11(5-3-10)9-17-20(18,19)14-8-12(16)6-7-13(14)15/h2-8,17H,9,16H2,1H3. The minimum Gasteiger partial charge on any atom is -0.399 e. The van der Waals surface area contributed by atoms with Crippen LogP contribution in [0.1, 0.15) is 11.1 Å². The maximum atomic E-state index is 13.6. The predicted octanol–water partition coefficient (Wildman–Crippen LogP) is 2.19. The molecule has 0 radical (unpaired) electrons. The smallest absolute Gasteiger partial charge is 0.243 e. The van der Waals surface area contributed by atoms with Gasteiger partial charge in [-0.05, 0) is 30.7 Å².